The summed E-state index contributed by atoms with van der Waals surface area (Å²) >= 11 is 0. The van der Waals surface area contributed by atoms with Crippen molar-refractivity contribution in [3.05, 3.63) is 0 Å². The maximum absolute atomic E-state index is 8.74. The van der Waals surface area contributed by atoms with Crippen molar-refractivity contribution in [3.63, 3.8) is 0 Å². The second-order valence-electron chi connectivity index (χ2n) is 0.866. The Morgan fingerprint density at radius 3 is 1.50 bits per heavy atom. The van der Waals surface area contributed by atoms with Crippen molar-refractivity contribution < 1.29 is 27.7 Å². The summed E-state index contributed by atoms with van der Waals surface area (Å²) in [4.78, 5) is 3.54. The van der Waals surface area contributed by atoms with Crippen molar-refractivity contribution in [2.45, 2.75) is 6.92 Å². The predicted octanol–water partition coefficient (Wildman–Crippen LogP) is -0.805. The van der Waals surface area contributed by atoms with Crippen molar-refractivity contribution in [1.29, 1.82) is 0 Å². The molecule has 0 heterocycles. The Morgan fingerprint density at radius 2 is 1.50 bits per heavy atom. The summed E-state index contributed by atoms with van der Waals surface area (Å²) in [6.45, 7) is 2.08. The van der Waals surface area contributed by atoms with Gasteiger partial charge in [0.15, 0.2) is 0 Å². The summed E-state index contributed by atoms with van der Waals surface area (Å²) in [6, 6.07) is 0. The van der Waals surface area contributed by atoms with Gasteiger partial charge in [0.2, 0.25) is 0 Å². The summed E-state index contributed by atoms with van der Waals surface area (Å²) in [5, 5.41) is 7.38. The molecule has 6 nitrogen and oxygen atoms in total. The molecule has 0 amide bonds. The van der Waals surface area contributed by atoms with E-state index in [1.54, 1.807) is 6.92 Å². The van der Waals surface area contributed by atoms with Crippen LogP contribution in [0.4, 0.5) is 0 Å². The molecule has 0 aliphatic rings. The fraction of sp³-hybridized carbons (Fsp3) is 1.00. The van der Waals surface area contributed by atoms with Gasteiger partial charge in [-0.15, -0.1) is 0 Å². The van der Waals surface area contributed by atoms with Crippen LogP contribution < -0.4 is 0 Å². The van der Waals surface area contributed by atoms with E-state index in [1.165, 1.54) is 0 Å². The Hall–Kier alpha value is 0.790. The molecule has 8 heteroatoms. The molecule has 60 valence electrons. The van der Waals surface area contributed by atoms with Crippen LogP contribution in [0, 0.1) is 0 Å². The van der Waals surface area contributed by atoms with Gasteiger partial charge in [-0.1, -0.05) is 0 Å². The zero-order valence-electron chi connectivity index (χ0n) is 4.68. The molecular weight excluding hydrogens is 175 g/mol. The molecule has 3 N–H and O–H groups in total. The molecule has 0 radical (unpaired) electrons. The Kier molecular flexibility index (Phi) is 16.7. The normalized spacial score (nSPS) is 8.80. The van der Waals surface area contributed by atoms with Crippen LogP contribution in [0.2, 0.25) is 0 Å². The van der Waals surface area contributed by atoms with Crippen LogP contribution >= 0.6 is 0 Å². The molecule has 10 heavy (non-hydrogen) atoms. The van der Waals surface area contributed by atoms with Crippen LogP contribution in [0.3, 0.4) is 0 Å². The van der Waals surface area contributed by atoms with Gasteiger partial charge in [-0.3, -0.25) is 14.4 Å². The van der Waals surface area contributed by atoms with Gasteiger partial charge in [0, 0.05) is 0 Å². The molecule has 0 saturated heterocycles. The van der Waals surface area contributed by atoms with E-state index in [9.17, 15) is 0 Å². The van der Waals surface area contributed by atoms with Gasteiger partial charge < -0.3 is 0 Å². The Bertz CT molecular complexity index is 119. The summed E-state index contributed by atoms with van der Waals surface area (Å²) in [6.07, 6.45) is 0. The molecule has 0 saturated carbocycles. The third-order valence-electron chi connectivity index (χ3n) is 0.129. The quantitative estimate of drug-likeness (QED) is 0.213. The van der Waals surface area contributed by atoms with Crippen LogP contribution in [0.5, 0.6) is 0 Å². The average Bonchev–Trinajstić information content (AvgIpc) is 1.61. The van der Waals surface area contributed by atoms with Crippen molar-refractivity contribution in [2.24, 2.45) is 0 Å². The van der Waals surface area contributed by atoms with Gasteiger partial charge in [-0.05, 0) is 6.92 Å². The summed E-state index contributed by atoms with van der Waals surface area (Å²) in [7, 11) is -4.67. The summed E-state index contributed by atoms with van der Waals surface area (Å²) in [5.41, 5.74) is 0. The van der Waals surface area contributed by atoms with E-state index >= 15 is 0 Å². The van der Waals surface area contributed by atoms with Gasteiger partial charge in [0.25, 0.3) is 0 Å². The van der Waals surface area contributed by atoms with Crippen molar-refractivity contribution in [1.82, 2.24) is 0 Å². The van der Waals surface area contributed by atoms with Crippen molar-refractivity contribution in [3.8, 4) is 0 Å². The second kappa shape index (κ2) is 9.79. The minimum atomic E-state index is -4.67. The SMILES string of the molecule is CCOO.O=S(=O)(O)O.[NaH]. The first-order valence-electron chi connectivity index (χ1n) is 1.88. The van der Waals surface area contributed by atoms with E-state index in [0.29, 0.717) is 6.61 Å². The van der Waals surface area contributed by atoms with Crippen molar-refractivity contribution >= 4 is 40.0 Å². The van der Waals surface area contributed by atoms with Gasteiger partial charge in [0.1, 0.15) is 0 Å². The molecule has 0 rings (SSSR count). The van der Waals surface area contributed by atoms with E-state index in [0.717, 1.165) is 0 Å². The van der Waals surface area contributed by atoms with Crippen LogP contribution in [0.25, 0.3) is 0 Å². The van der Waals surface area contributed by atoms with E-state index in [1.807, 2.05) is 0 Å². The zero-order chi connectivity index (χ0) is 7.91. The van der Waals surface area contributed by atoms with E-state index in [4.69, 9.17) is 22.8 Å². The van der Waals surface area contributed by atoms with Gasteiger partial charge in [-0.2, -0.15) is 8.42 Å². The van der Waals surface area contributed by atoms with Crippen LogP contribution in [0.1, 0.15) is 6.92 Å². The van der Waals surface area contributed by atoms with Crippen LogP contribution in [0.15, 0.2) is 0 Å². The van der Waals surface area contributed by atoms with E-state index in [-0.39, 0.29) is 29.6 Å². The topological polar surface area (TPSA) is 104 Å². The Balaban J connectivity index is -0.0000000910. The van der Waals surface area contributed by atoms with Gasteiger partial charge >= 0.3 is 40.0 Å². The Morgan fingerprint density at radius 1 is 1.40 bits per heavy atom. The average molecular weight is 184 g/mol. The molecule has 0 aromatic carbocycles. The molecule has 0 aliphatic carbocycles. The first-order chi connectivity index (χ1) is 3.91. The van der Waals surface area contributed by atoms with Gasteiger partial charge in [-0.25, -0.2) is 4.89 Å². The molecule has 0 aromatic rings. The van der Waals surface area contributed by atoms with Crippen LogP contribution in [-0.2, 0) is 15.3 Å². The fourth-order valence-corrected chi connectivity index (χ4v) is 0. The van der Waals surface area contributed by atoms with E-state index in [2.05, 4.69) is 4.89 Å². The van der Waals surface area contributed by atoms with Crippen LogP contribution in [-0.4, -0.2) is 58.9 Å². The molecule has 0 aromatic heterocycles. The molecule has 0 aliphatic heterocycles. The number of hydrogen-bond acceptors (Lipinski definition) is 4. The van der Waals surface area contributed by atoms with E-state index < -0.39 is 10.4 Å². The molecule has 0 atom stereocenters. The summed E-state index contributed by atoms with van der Waals surface area (Å²) < 4.78 is 31.6. The Labute approximate surface area is 81.0 Å². The molecule has 0 unspecified atom stereocenters. The standard InChI is InChI=1S/C2H6O2.Na.H2O4S.H/c1-2-4-3;;1-5(2,3)4;/h3H,2H2,1H3;;(H2,1,2,3,4);. The molecule has 0 spiro atoms. The second-order valence-corrected chi connectivity index (χ2v) is 1.76. The predicted molar refractivity (Wildman–Crippen MR) is 35.6 cm³/mol. The first kappa shape index (κ1) is 17.0. The monoisotopic (exact) mass is 184 g/mol. The summed E-state index contributed by atoms with van der Waals surface area (Å²) in [5.74, 6) is 0. The third kappa shape index (κ3) is 166. The number of hydrogen-bond donors (Lipinski definition) is 3. The number of rotatable bonds is 1. The maximum atomic E-state index is 8.74. The zero-order valence-corrected chi connectivity index (χ0v) is 5.50. The van der Waals surface area contributed by atoms with Gasteiger partial charge in [0.05, 0.1) is 6.61 Å². The first-order valence-corrected chi connectivity index (χ1v) is 3.27. The molecule has 0 bridgehead atoms. The van der Waals surface area contributed by atoms with Crippen molar-refractivity contribution in [2.75, 3.05) is 6.61 Å². The molecular formula is C2H9NaO6S. The third-order valence-corrected chi connectivity index (χ3v) is 0.129. The fourth-order valence-electron chi connectivity index (χ4n) is 0. The minimum absolute atomic E-state index is 0. The molecule has 0 fully saturated rings.